The van der Waals surface area contributed by atoms with Crippen molar-refractivity contribution in [1.29, 1.82) is 0 Å². The highest BCUT2D eigenvalue weighted by Gasteiger charge is 2.14. The van der Waals surface area contributed by atoms with Crippen molar-refractivity contribution >= 4 is 23.4 Å². The zero-order valence-corrected chi connectivity index (χ0v) is 9.98. The third-order valence-electron chi connectivity index (χ3n) is 2.85. The number of H-pyrrole nitrogens is 1. The highest BCUT2D eigenvalue weighted by Crippen LogP contribution is 2.15. The van der Waals surface area contributed by atoms with Crippen LogP contribution in [0.15, 0.2) is 25.0 Å². The smallest absolute Gasteiger partial charge is 0.157 e. The Morgan fingerprint density at radius 1 is 1.53 bits per heavy atom. The molecule has 17 heavy (non-hydrogen) atoms. The van der Waals surface area contributed by atoms with Crippen molar-refractivity contribution in [2.45, 2.75) is 25.5 Å². The molecule has 0 radical (unpaired) electrons. The molecule has 1 N–H and O–H groups in total. The summed E-state index contributed by atoms with van der Waals surface area (Å²) in [5.74, 6) is 0. The summed E-state index contributed by atoms with van der Waals surface area (Å²) < 4.78 is 8.10. The van der Waals surface area contributed by atoms with Crippen LogP contribution in [0.3, 0.4) is 0 Å². The van der Waals surface area contributed by atoms with Gasteiger partial charge in [-0.3, -0.25) is 0 Å². The summed E-state index contributed by atoms with van der Waals surface area (Å²) in [6, 6.07) is 0. The fraction of sp³-hybridized carbons (Fsp3) is 0.364. The third kappa shape index (κ3) is 1.95. The highest BCUT2D eigenvalue weighted by molar-refractivity contribution is 7.71. The second-order valence-corrected chi connectivity index (χ2v) is 4.40. The van der Waals surface area contributed by atoms with Crippen LogP contribution >= 0.6 is 12.2 Å². The molecular formula is C11H12N4OS. The van der Waals surface area contributed by atoms with Crippen LogP contribution in [0.4, 0.5) is 0 Å². The summed E-state index contributed by atoms with van der Waals surface area (Å²) in [6.45, 7) is 0.774. The molecule has 2 aromatic heterocycles. The van der Waals surface area contributed by atoms with E-state index in [1.54, 1.807) is 18.9 Å². The lowest BCUT2D eigenvalue weighted by molar-refractivity contribution is 0.108. The lowest BCUT2D eigenvalue weighted by Crippen LogP contribution is -2.19. The maximum atomic E-state index is 5.55. The second kappa shape index (κ2) is 4.29. The van der Waals surface area contributed by atoms with Crippen LogP contribution in [-0.4, -0.2) is 25.6 Å². The number of nitrogens with one attached hydrogen (secondary N) is 1. The van der Waals surface area contributed by atoms with Crippen LogP contribution < -0.4 is 0 Å². The molecule has 0 amide bonds. The highest BCUT2D eigenvalue weighted by atomic mass is 32.1. The Kier molecular flexibility index (Phi) is 2.64. The Hall–Kier alpha value is -1.69. The van der Waals surface area contributed by atoms with Gasteiger partial charge in [-0.1, -0.05) is 12.2 Å². The molecule has 5 nitrogen and oxygen atoms in total. The average Bonchev–Trinajstić information content (AvgIpc) is 2.76. The largest absolute Gasteiger partial charge is 0.496 e. The Bertz CT molecular complexity index is 615. The summed E-state index contributed by atoms with van der Waals surface area (Å²) in [4.78, 5) is 11.4. The normalized spacial score (nSPS) is 19.4. The number of aromatic nitrogens is 4. The lowest BCUT2D eigenvalue weighted by Gasteiger charge is -2.19. The Morgan fingerprint density at radius 3 is 3.29 bits per heavy atom. The summed E-state index contributed by atoms with van der Waals surface area (Å²) >= 11 is 5.12. The summed E-state index contributed by atoms with van der Waals surface area (Å²) in [6.07, 6.45) is 9.49. The quantitative estimate of drug-likeness (QED) is 0.828. The van der Waals surface area contributed by atoms with Gasteiger partial charge in [-0.15, -0.1) is 0 Å². The van der Waals surface area contributed by atoms with Crippen LogP contribution in [-0.2, 0) is 11.3 Å². The first-order valence-electron chi connectivity index (χ1n) is 5.53. The molecule has 1 aliphatic heterocycles. The van der Waals surface area contributed by atoms with E-state index in [1.807, 2.05) is 10.6 Å². The van der Waals surface area contributed by atoms with E-state index in [0.717, 1.165) is 30.6 Å². The number of rotatable bonds is 2. The predicted octanol–water partition coefficient (Wildman–Crippen LogP) is 2.18. The van der Waals surface area contributed by atoms with Gasteiger partial charge in [0.2, 0.25) is 0 Å². The van der Waals surface area contributed by atoms with E-state index in [4.69, 9.17) is 17.0 Å². The number of imidazole rings is 1. The molecule has 0 saturated heterocycles. The zero-order valence-electron chi connectivity index (χ0n) is 9.17. The molecule has 1 unspecified atom stereocenters. The molecule has 2 aromatic rings. The van der Waals surface area contributed by atoms with Gasteiger partial charge in [-0.2, -0.15) is 0 Å². The fourth-order valence-corrected chi connectivity index (χ4v) is 2.18. The number of ether oxygens (including phenoxy) is 1. The van der Waals surface area contributed by atoms with Crippen molar-refractivity contribution in [1.82, 2.24) is 19.5 Å². The number of allylic oxidation sites excluding steroid dienone is 1. The number of hydrogen-bond donors (Lipinski definition) is 1. The molecule has 1 aliphatic rings. The van der Waals surface area contributed by atoms with E-state index in [1.165, 1.54) is 0 Å². The van der Waals surface area contributed by atoms with Crippen molar-refractivity contribution in [3.05, 3.63) is 29.6 Å². The van der Waals surface area contributed by atoms with E-state index in [0.29, 0.717) is 4.64 Å². The minimum absolute atomic E-state index is 0.201. The number of nitrogens with zero attached hydrogens (tertiary/aromatic N) is 3. The maximum absolute atomic E-state index is 5.55. The molecule has 3 rings (SSSR count). The monoisotopic (exact) mass is 248 g/mol. The number of fused-ring (bicyclic) bond motifs is 1. The third-order valence-corrected chi connectivity index (χ3v) is 3.15. The first kappa shape index (κ1) is 10.5. The minimum atomic E-state index is 0.201. The summed E-state index contributed by atoms with van der Waals surface area (Å²) in [5, 5.41) is 0. The van der Waals surface area contributed by atoms with Gasteiger partial charge in [-0.25, -0.2) is 9.97 Å². The van der Waals surface area contributed by atoms with E-state index >= 15 is 0 Å². The first-order valence-corrected chi connectivity index (χ1v) is 5.94. The Morgan fingerprint density at radius 2 is 2.47 bits per heavy atom. The summed E-state index contributed by atoms with van der Waals surface area (Å²) in [7, 11) is 0. The zero-order chi connectivity index (χ0) is 11.7. The molecule has 0 aliphatic carbocycles. The predicted molar refractivity (Wildman–Crippen MR) is 66.0 cm³/mol. The van der Waals surface area contributed by atoms with E-state index in [2.05, 4.69) is 15.0 Å². The molecule has 0 fully saturated rings. The van der Waals surface area contributed by atoms with Gasteiger partial charge >= 0.3 is 0 Å². The van der Waals surface area contributed by atoms with Crippen LogP contribution in [0.2, 0.25) is 0 Å². The van der Waals surface area contributed by atoms with Crippen LogP contribution in [0.5, 0.6) is 0 Å². The SMILES string of the molecule is S=c1nc[nH]c2c1ncn2CC1CCC=CO1. The Balaban J connectivity index is 1.93. The van der Waals surface area contributed by atoms with Crippen molar-refractivity contribution < 1.29 is 4.74 Å². The maximum Gasteiger partial charge on any atom is 0.157 e. The molecule has 6 heteroatoms. The molecular weight excluding hydrogens is 236 g/mol. The van der Waals surface area contributed by atoms with Gasteiger partial charge in [0, 0.05) is 0 Å². The molecule has 88 valence electrons. The van der Waals surface area contributed by atoms with Crippen molar-refractivity contribution in [3.8, 4) is 0 Å². The minimum Gasteiger partial charge on any atom is -0.496 e. The van der Waals surface area contributed by atoms with Crippen molar-refractivity contribution in [2.75, 3.05) is 0 Å². The van der Waals surface area contributed by atoms with E-state index in [-0.39, 0.29) is 6.10 Å². The molecule has 0 aromatic carbocycles. The summed E-state index contributed by atoms with van der Waals surface area (Å²) in [5.41, 5.74) is 1.65. The number of hydrogen-bond acceptors (Lipinski definition) is 4. The van der Waals surface area contributed by atoms with Gasteiger partial charge in [0.25, 0.3) is 0 Å². The molecule has 1 atom stereocenters. The molecule has 3 heterocycles. The standard InChI is InChI=1S/C11H12N4OS/c17-11-9-10(12-6-13-11)15(7-14-9)5-8-3-1-2-4-16-8/h2,4,6-8H,1,3,5H2,(H,12,13,17). The van der Waals surface area contributed by atoms with Crippen LogP contribution in [0.1, 0.15) is 12.8 Å². The second-order valence-electron chi connectivity index (χ2n) is 4.01. The van der Waals surface area contributed by atoms with Crippen molar-refractivity contribution in [3.63, 3.8) is 0 Å². The fourth-order valence-electron chi connectivity index (χ4n) is 1.98. The topological polar surface area (TPSA) is 55.7 Å². The van der Waals surface area contributed by atoms with E-state index < -0.39 is 0 Å². The molecule has 0 bridgehead atoms. The van der Waals surface area contributed by atoms with Crippen LogP contribution in [0.25, 0.3) is 11.2 Å². The number of aromatic amines is 1. The van der Waals surface area contributed by atoms with Crippen LogP contribution in [0, 0.1) is 4.64 Å². The first-order chi connectivity index (χ1) is 8.34. The van der Waals surface area contributed by atoms with Gasteiger partial charge < -0.3 is 14.3 Å². The van der Waals surface area contributed by atoms with Gasteiger partial charge in [0.1, 0.15) is 17.3 Å². The van der Waals surface area contributed by atoms with Gasteiger partial charge in [0.15, 0.2) is 4.64 Å². The average molecular weight is 248 g/mol. The molecule has 0 spiro atoms. The van der Waals surface area contributed by atoms with Gasteiger partial charge in [0.05, 0.1) is 25.5 Å². The Labute approximate surface area is 103 Å². The molecule has 0 saturated carbocycles. The van der Waals surface area contributed by atoms with Crippen molar-refractivity contribution in [2.24, 2.45) is 0 Å². The van der Waals surface area contributed by atoms with Gasteiger partial charge in [-0.05, 0) is 18.9 Å². The van der Waals surface area contributed by atoms with E-state index in [9.17, 15) is 0 Å². The lowest BCUT2D eigenvalue weighted by atomic mass is 10.1.